The zero-order valence-electron chi connectivity index (χ0n) is 14.5. The van der Waals surface area contributed by atoms with Crippen LogP contribution in [0.1, 0.15) is 10.5 Å². The number of hydrogen-bond acceptors (Lipinski definition) is 6. The van der Waals surface area contributed by atoms with Crippen LogP contribution < -0.4 is 4.90 Å². The lowest BCUT2D eigenvalue weighted by atomic mass is 10.3. The van der Waals surface area contributed by atoms with E-state index in [1.54, 1.807) is 35.0 Å². The Balaban J connectivity index is 1.64. The minimum atomic E-state index is -0.340. The second kappa shape index (κ2) is 7.93. The quantitative estimate of drug-likeness (QED) is 0.518. The first-order valence-electron chi connectivity index (χ1n) is 8.56. The van der Waals surface area contributed by atoms with Gasteiger partial charge in [-0.25, -0.2) is 4.39 Å². The minimum absolute atomic E-state index is 0.0354. The van der Waals surface area contributed by atoms with Crippen LogP contribution in [-0.4, -0.2) is 57.6 Å². The first kappa shape index (κ1) is 17.7. The van der Waals surface area contributed by atoms with Crippen molar-refractivity contribution in [2.45, 2.75) is 5.16 Å². The van der Waals surface area contributed by atoms with Gasteiger partial charge in [0, 0.05) is 19.3 Å². The smallest absolute Gasteiger partial charge is 0.232 e. The van der Waals surface area contributed by atoms with Crippen LogP contribution >= 0.6 is 11.8 Å². The van der Waals surface area contributed by atoms with Gasteiger partial charge in [0.05, 0.1) is 30.3 Å². The number of H-pyrrole nitrogens is 1. The molecule has 140 valence electrons. The fourth-order valence-electron chi connectivity index (χ4n) is 2.88. The molecule has 0 aliphatic carbocycles. The summed E-state index contributed by atoms with van der Waals surface area (Å²) >= 11 is 1.28. The molecular formula is C18H18FN5O2S. The third-order valence-electron chi connectivity index (χ3n) is 4.21. The van der Waals surface area contributed by atoms with Crippen molar-refractivity contribution in [2.75, 3.05) is 37.0 Å². The van der Waals surface area contributed by atoms with Crippen LogP contribution in [0.2, 0.25) is 0 Å². The summed E-state index contributed by atoms with van der Waals surface area (Å²) in [5.41, 5.74) is 1.17. The van der Waals surface area contributed by atoms with Gasteiger partial charge in [0.1, 0.15) is 5.82 Å². The molecule has 1 fully saturated rings. The molecule has 0 unspecified atom stereocenters. The number of carbonyl (C=O) groups is 1. The number of Topliss-reactive ketones (excluding diaryl/α,β-unsaturated/α-hetero) is 1. The normalized spacial score (nSPS) is 14.5. The SMILES string of the molecule is O=C(CSc1nnc(N2CCOCC2)n1-c1cccc(F)c1)c1ccc[nH]1. The number of rotatable bonds is 6. The van der Waals surface area contributed by atoms with Crippen LogP contribution in [0.5, 0.6) is 0 Å². The summed E-state index contributed by atoms with van der Waals surface area (Å²) in [6.07, 6.45) is 1.71. The van der Waals surface area contributed by atoms with Crippen molar-refractivity contribution in [1.29, 1.82) is 0 Å². The summed E-state index contributed by atoms with van der Waals surface area (Å²) in [4.78, 5) is 17.3. The lowest BCUT2D eigenvalue weighted by molar-refractivity contribution is 0.101. The number of nitrogens with zero attached hydrogens (tertiary/aromatic N) is 4. The lowest BCUT2D eigenvalue weighted by Crippen LogP contribution is -2.37. The Kier molecular flexibility index (Phi) is 5.21. The molecule has 4 rings (SSSR count). The molecule has 0 amide bonds. The van der Waals surface area contributed by atoms with Crippen LogP contribution in [0, 0.1) is 5.82 Å². The van der Waals surface area contributed by atoms with Crippen molar-refractivity contribution in [2.24, 2.45) is 0 Å². The largest absolute Gasteiger partial charge is 0.378 e. The highest BCUT2D eigenvalue weighted by Crippen LogP contribution is 2.28. The molecule has 0 atom stereocenters. The topological polar surface area (TPSA) is 76.0 Å². The van der Waals surface area contributed by atoms with E-state index in [0.717, 1.165) is 0 Å². The van der Waals surface area contributed by atoms with E-state index in [0.29, 0.717) is 48.8 Å². The molecule has 0 bridgehead atoms. The third-order valence-corrected chi connectivity index (χ3v) is 5.14. The van der Waals surface area contributed by atoms with E-state index in [1.165, 1.54) is 23.9 Å². The molecule has 1 aliphatic rings. The molecule has 0 radical (unpaired) electrons. The average Bonchev–Trinajstić information content (AvgIpc) is 3.37. The van der Waals surface area contributed by atoms with Crippen molar-refractivity contribution in [3.63, 3.8) is 0 Å². The van der Waals surface area contributed by atoms with Gasteiger partial charge < -0.3 is 14.6 Å². The number of benzene rings is 1. The Morgan fingerprint density at radius 2 is 2.07 bits per heavy atom. The number of thioether (sulfide) groups is 1. The number of halogens is 1. The van der Waals surface area contributed by atoms with Crippen molar-refractivity contribution in [3.8, 4) is 5.69 Å². The van der Waals surface area contributed by atoms with Gasteiger partial charge in [-0.05, 0) is 30.3 Å². The Labute approximate surface area is 159 Å². The number of aromatic amines is 1. The Bertz CT molecular complexity index is 922. The zero-order valence-corrected chi connectivity index (χ0v) is 15.3. The summed E-state index contributed by atoms with van der Waals surface area (Å²) in [7, 11) is 0. The number of nitrogens with one attached hydrogen (secondary N) is 1. The van der Waals surface area contributed by atoms with E-state index in [2.05, 4.69) is 20.1 Å². The molecule has 0 spiro atoms. The van der Waals surface area contributed by atoms with Gasteiger partial charge in [-0.15, -0.1) is 10.2 Å². The number of carbonyl (C=O) groups excluding carboxylic acids is 1. The Hall–Kier alpha value is -2.65. The molecule has 3 aromatic rings. The fraction of sp³-hybridized carbons (Fsp3) is 0.278. The number of morpholine rings is 1. The molecular weight excluding hydrogens is 369 g/mol. The summed E-state index contributed by atoms with van der Waals surface area (Å²) < 4.78 is 21.0. The predicted molar refractivity (Wildman–Crippen MR) is 100 cm³/mol. The van der Waals surface area contributed by atoms with Crippen LogP contribution in [-0.2, 0) is 4.74 Å². The van der Waals surface area contributed by atoms with Crippen molar-refractivity contribution >= 4 is 23.5 Å². The molecule has 0 saturated carbocycles. The second-order valence-corrected chi connectivity index (χ2v) is 6.94. The van der Waals surface area contributed by atoms with E-state index in [-0.39, 0.29) is 17.4 Å². The standard InChI is InChI=1S/C18H18FN5O2S/c19-13-3-1-4-14(11-13)24-17(23-7-9-26-10-8-23)21-22-18(24)27-12-16(25)15-5-2-6-20-15/h1-6,11,20H,7-10,12H2. The molecule has 7 nitrogen and oxygen atoms in total. The Morgan fingerprint density at radius 3 is 2.81 bits per heavy atom. The molecule has 27 heavy (non-hydrogen) atoms. The number of aromatic nitrogens is 4. The van der Waals surface area contributed by atoms with Gasteiger partial charge in [-0.3, -0.25) is 9.36 Å². The minimum Gasteiger partial charge on any atom is -0.378 e. The third kappa shape index (κ3) is 3.88. The molecule has 1 saturated heterocycles. The van der Waals surface area contributed by atoms with E-state index in [4.69, 9.17) is 4.74 Å². The van der Waals surface area contributed by atoms with Gasteiger partial charge in [-0.2, -0.15) is 0 Å². The summed E-state index contributed by atoms with van der Waals surface area (Å²) in [5.74, 6) is 0.454. The lowest BCUT2D eigenvalue weighted by Gasteiger charge is -2.27. The van der Waals surface area contributed by atoms with Gasteiger partial charge in [0.2, 0.25) is 5.95 Å². The number of hydrogen-bond donors (Lipinski definition) is 1. The highest BCUT2D eigenvalue weighted by Gasteiger charge is 2.22. The molecule has 1 N–H and O–H groups in total. The highest BCUT2D eigenvalue weighted by atomic mass is 32.2. The molecule has 9 heteroatoms. The number of ether oxygens (including phenoxy) is 1. The summed E-state index contributed by atoms with van der Waals surface area (Å²) in [6.45, 7) is 2.56. The van der Waals surface area contributed by atoms with E-state index in [9.17, 15) is 9.18 Å². The van der Waals surface area contributed by atoms with Gasteiger partial charge in [-0.1, -0.05) is 17.8 Å². The van der Waals surface area contributed by atoms with Crippen LogP contribution in [0.25, 0.3) is 5.69 Å². The van der Waals surface area contributed by atoms with E-state index in [1.807, 2.05) is 0 Å². The van der Waals surface area contributed by atoms with Crippen molar-refractivity contribution < 1.29 is 13.9 Å². The van der Waals surface area contributed by atoms with Gasteiger partial charge >= 0.3 is 0 Å². The van der Waals surface area contributed by atoms with Crippen LogP contribution in [0.15, 0.2) is 47.8 Å². The Morgan fingerprint density at radius 1 is 1.22 bits per heavy atom. The average molecular weight is 387 g/mol. The molecule has 2 aromatic heterocycles. The summed E-state index contributed by atoms with van der Waals surface area (Å²) in [6, 6.07) is 9.79. The maximum absolute atomic E-state index is 13.8. The first-order valence-corrected chi connectivity index (χ1v) is 9.54. The highest BCUT2D eigenvalue weighted by molar-refractivity contribution is 7.99. The van der Waals surface area contributed by atoms with E-state index >= 15 is 0 Å². The first-order chi connectivity index (χ1) is 13.2. The predicted octanol–water partition coefficient (Wildman–Crippen LogP) is 2.55. The number of ketones is 1. The van der Waals surface area contributed by atoms with Crippen molar-refractivity contribution in [1.82, 2.24) is 19.7 Å². The fourth-order valence-corrected chi connectivity index (χ4v) is 3.71. The van der Waals surface area contributed by atoms with Gasteiger partial charge in [0.15, 0.2) is 10.9 Å². The van der Waals surface area contributed by atoms with Crippen molar-refractivity contribution in [3.05, 3.63) is 54.1 Å². The molecule has 3 heterocycles. The maximum atomic E-state index is 13.8. The van der Waals surface area contributed by atoms with E-state index < -0.39 is 0 Å². The summed E-state index contributed by atoms with van der Waals surface area (Å²) in [5, 5.41) is 9.11. The van der Waals surface area contributed by atoms with Crippen LogP contribution in [0.3, 0.4) is 0 Å². The number of anilines is 1. The second-order valence-electron chi connectivity index (χ2n) is 5.99. The zero-order chi connectivity index (χ0) is 18.6. The molecule has 1 aromatic carbocycles. The monoisotopic (exact) mass is 387 g/mol. The molecule has 1 aliphatic heterocycles. The van der Waals surface area contributed by atoms with Crippen LogP contribution in [0.4, 0.5) is 10.3 Å². The maximum Gasteiger partial charge on any atom is 0.232 e. The van der Waals surface area contributed by atoms with Gasteiger partial charge in [0.25, 0.3) is 0 Å².